The molecule has 1 aromatic rings. The van der Waals surface area contributed by atoms with Crippen molar-refractivity contribution in [1.29, 1.82) is 0 Å². The van der Waals surface area contributed by atoms with Gasteiger partial charge in [-0.2, -0.15) is 0 Å². The van der Waals surface area contributed by atoms with Gasteiger partial charge in [-0.25, -0.2) is 0 Å². The van der Waals surface area contributed by atoms with Crippen molar-refractivity contribution in [2.75, 3.05) is 65.6 Å². The number of morpholine rings is 1. The first-order valence-corrected chi connectivity index (χ1v) is 12.4. The molecule has 0 radical (unpaired) electrons. The SMILES string of the molecule is CCNC(=NCCCN1CCOCC1)N1CCC2C(CCCN2Cc2ccccc2)C1. The van der Waals surface area contributed by atoms with Crippen molar-refractivity contribution in [3.05, 3.63) is 35.9 Å². The Labute approximate surface area is 188 Å². The number of likely N-dealkylation sites (tertiary alicyclic amines) is 2. The van der Waals surface area contributed by atoms with Crippen molar-refractivity contribution in [2.45, 2.75) is 45.2 Å². The van der Waals surface area contributed by atoms with Gasteiger partial charge in [0.15, 0.2) is 5.96 Å². The minimum absolute atomic E-state index is 0.717. The third-order valence-corrected chi connectivity index (χ3v) is 7.04. The first-order chi connectivity index (χ1) is 15.3. The van der Waals surface area contributed by atoms with Crippen LogP contribution >= 0.6 is 0 Å². The zero-order valence-electron chi connectivity index (χ0n) is 19.3. The lowest BCUT2D eigenvalue weighted by Gasteiger charge is -2.48. The summed E-state index contributed by atoms with van der Waals surface area (Å²) in [5.74, 6) is 1.88. The number of benzene rings is 1. The van der Waals surface area contributed by atoms with E-state index in [4.69, 9.17) is 9.73 Å². The molecular weight excluding hydrogens is 386 g/mol. The number of aliphatic imine (C=N–C) groups is 1. The maximum absolute atomic E-state index is 5.45. The highest BCUT2D eigenvalue weighted by atomic mass is 16.5. The molecule has 3 heterocycles. The van der Waals surface area contributed by atoms with Crippen molar-refractivity contribution in [2.24, 2.45) is 10.9 Å². The number of hydrogen-bond acceptors (Lipinski definition) is 4. The van der Waals surface area contributed by atoms with E-state index in [9.17, 15) is 0 Å². The summed E-state index contributed by atoms with van der Waals surface area (Å²) in [5.41, 5.74) is 1.45. The highest BCUT2D eigenvalue weighted by Gasteiger charge is 2.36. The summed E-state index contributed by atoms with van der Waals surface area (Å²) in [6.45, 7) is 13.6. The van der Waals surface area contributed by atoms with Gasteiger partial charge in [0.1, 0.15) is 0 Å². The quantitative estimate of drug-likeness (QED) is 0.412. The summed E-state index contributed by atoms with van der Waals surface area (Å²) < 4.78 is 5.45. The summed E-state index contributed by atoms with van der Waals surface area (Å²) in [6.07, 6.45) is 5.04. The Kier molecular flexibility index (Phi) is 8.62. The molecule has 0 spiro atoms. The molecule has 2 atom stereocenters. The van der Waals surface area contributed by atoms with Gasteiger partial charge in [-0.3, -0.25) is 14.8 Å². The molecule has 2 unspecified atom stereocenters. The van der Waals surface area contributed by atoms with Crippen LogP contribution in [0.5, 0.6) is 0 Å². The zero-order valence-corrected chi connectivity index (χ0v) is 19.3. The standard InChI is InChI=1S/C25H41N5O/c1-2-26-25(27-12-7-13-28-16-18-31-19-17-28)30-15-11-24-23(21-30)10-6-14-29(24)20-22-8-4-3-5-9-22/h3-5,8-9,23-24H,2,6-7,10-21H2,1H3,(H,26,27). The molecule has 0 bridgehead atoms. The number of nitrogens with zero attached hydrogens (tertiary/aromatic N) is 4. The van der Waals surface area contributed by atoms with E-state index in [1.54, 1.807) is 0 Å². The second kappa shape index (κ2) is 11.8. The van der Waals surface area contributed by atoms with Gasteiger partial charge >= 0.3 is 0 Å². The number of rotatable bonds is 7. The van der Waals surface area contributed by atoms with Gasteiger partial charge in [0, 0.05) is 58.4 Å². The second-order valence-electron chi connectivity index (χ2n) is 9.20. The minimum atomic E-state index is 0.717. The molecule has 3 saturated heterocycles. The molecule has 6 nitrogen and oxygen atoms in total. The van der Waals surface area contributed by atoms with Crippen LogP contribution in [0.2, 0.25) is 0 Å². The van der Waals surface area contributed by atoms with E-state index in [0.717, 1.165) is 89.9 Å². The van der Waals surface area contributed by atoms with Crippen molar-refractivity contribution >= 4 is 5.96 Å². The van der Waals surface area contributed by atoms with Gasteiger partial charge in [0.25, 0.3) is 0 Å². The topological polar surface area (TPSA) is 43.3 Å². The third kappa shape index (κ3) is 6.43. The molecule has 31 heavy (non-hydrogen) atoms. The fraction of sp³-hybridized carbons (Fsp3) is 0.720. The normalized spacial score (nSPS) is 26.0. The zero-order chi connectivity index (χ0) is 21.3. The maximum atomic E-state index is 5.45. The van der Waals surface area contributed by atoms with E-state index < -0.39 is 0 Å². The Morgan fingerprint density at radius 2 is 1.94 bits per heavy atom. The minimum Gasteiger partial charge on any atom is -0.379 e. The Morgan fingerprint density at radius 1 is 1.10 bits per heavy atom. The van der Waals surface area contributed by atoms with E-state index in [2.05, 4.69) is 57.3 Å². The van der Waals surface area contributed by atoms with E-state index in [1.807, 2.05) is 0 Å². The lowest BCUT2D eigenvalue weighted by Crippen LogP contribution is -2.56. The first kappa shape index (κ1) is 22.6. The Balaban J connectivity index is 1.29. The largest absolute Gasteiger partial charge is 0.379 e. The summed E-state index contributed by atoms with van der Waals surface area (Å²) in [4.78, 5) is 12.8. The first-order valence-electron chi connectivity index (χ1n) is 12.4. The number of piperidine rings is 2. The summed E-state index contributed by atoms with van der Waals surface area (Å²) in [6, 6.07) is 11.7. The summed E-state index contributed by atoms with van der Waals surface area (Å²) in [7, 11) is 0. The van der Waals surface area contributed by atoms with Gasteiger partial charge in [-0.05, 0) is 50.6 Å². The van der Waals surface area contributed by atoms with Crippen LogP contribution in [0.1, 0.15) is 38.2 Å². The average Bonchev–Trinajstić information content (AvgIpc) is 2.82. The summed E-state index contributed by atoms with van der Waals surface area (Å²) in [5, 5.41) is 3.57. The van der Waals surface area contributed by atoms with E-state index >= 15 is 0 Å². The number of nitrogens with one attached hydrogen (secondary N) is 1. The average molecular weight is 428 g/mol. The molecule has 0 amide bonds. The van der Waals surface area contributed by atoms with Crippen LogP contribution in [0.4, 0.5) is 0 Å². The molecule has 4 rings (SSSR count). The highest BCUT2D eigenvalue weighted by molar-refractivity contribution is 5.80. The van der Waals surface area contributed by atoms with Gasteiger partial charge in [-0.15, -0.1) is 0 Å². The predicted molar refractivity (Wildman–Crippen MR) is 127 cm³/mol. The molecule has 3 aliphatic heterocycles. The summed E-state index contributed by atoms with van der Waals surface area (Å²) >= 11 is 0. The van der Waals surface area contributed by atoms with Crippen LogP contribution in [0.15, 0.2) is 35.3 Å². The number of ether oxygens (including phenoxy) is 1. The van der Waals surface area contributed by atoms with Gasteiger partial charge in [0.05, 0.1) is 13.2 Å². The molecule has 6 heteroatoms. The van der Waals surface area contributed by atoms with Crippen LogP contribution in [0, 0.1) is 5.92 Å². The van der Waals surface area contributed by atoms with Crippen molar-refractivity contribution in [1.82, 2.24) is 20.0 Å². The molecule has 0 aliphatic carbocycles. The molecule has 172 valence electrons. The Morgan fingerprint density at radius 3 is 2.74 bits per heavy atom. The molecule has 1 aromatic carbocycles. The Hall–Kier alpha value is -1.63. The fourth-order valence-electron chi connectivity index (χ4n) is 5.44. The molecule has 0 saturated carbocycles. The number of guanidine groups is 1. The third-order valence-electron chi connectivity index (χ3n) is 7.04. The van der Waals surface area contributed by atoms with E-state index in [0.29, 0.717) is 0 Å². The molecule has 1 N–H and O–H groups in total. The molecule has 3 fully saturated rings. The van der Waals surface area contributed by atoms with Crippen LogP contribution in [0.3, 0.4) is 0 Å². The van der Waals surface area contributed by atoms with E-state index in [-0.39, 0.29) is 0 Å². The maximum Gasteiger partial charge on any atom is 0.193 e. The Bertz CT molecular complexity index is 676. The number of hydrogen-bond donors (Lipinski definition) is 1. The van der Waals surface area contributed by atoms with Crippen LogP contribution in [-0.2, 0) is 11.3 Å². The van der Waals surface area contributed by atoms with E-state index in [1.165, 1.54) is 31.4 Å². The fourth-order valence-corrected chi connectivity index (χ4v) is 5.44. The monoisotopic (exact) mass is 427 g/mol. The van der Waals surface area contributed by atoms with Crippen molar-refractivity contribution in [3.63, 3.8) is 0 Å². The van der Waals surface area contributed by atoms with Gasteiger partial charge in [0.2, 0.25) is 0 Å². The van der Waals surface area contributed by atoms with Crippen LogP contribution in [0.25, 0.3) is 0 Å². The lowest BCUT2D eigenvalue weighted by atomic mass is 9.83. The number of fused-ring (bicyclic) bond motifs is 1. The second-order valence-corrected chi connectivity index (χ2v) is 9.20. The molecular formula is C25H41N5O. The predicted octanol–water partition coefficient (Wildman–Crippen LogP) is 2.66. The molecule has 0 aromatic heterocycles. The van der Waals surface area contributed by atoms with Crippen LogP contribution in [-0.4, -0.2) is 92.3 Å². The van der Waals surface area contributed by atoms with Gasteiger partial charge < -0.3 is 15.0 Å². The highest BCUT2D eigenvalue weighted by Crippen LogP contribution is 2.31. The van der Waals surface area contributed by atoms with Gasteiger partial charge in [-0.1, -0.05) is 30.3 Å². The van der Waals surface area contributed by atoms with Crippen molar-refractivity contribution < 1.29 is 4.74 Å². The smallest absolute Gasteiger partial charge is 0.193 e. The van der Waals surface area contributed by atoms with Crippen molar-refractivity contribution in [3.8, 4) is 0 Å². The van der Waals surface area contributed by atoms with Crippen LogP contribution < -0.4 is 5.32 Å². The molecule has 3 aliphatic rings. The lowest BCUT2D eigenvalue weighted by molar-refractivity contribution is 0.0367.